The largest absolute Gasteiger partial charge is 0.325 e. The minimum atomic E-state index is -0.197. The van der Waals surface area contributed by atoms with Crippen LogP contribution in [0.25, 0.3) is 10.9 Å². The van der Waals surface area contributed by atoms with Crippen LogP contribution >= 0.6 is 34.4 Å². The molecule has 0 aliphatic rings. The number of halogens is 1. The fraction of sp³-hybridized carbons (Fsp3) is 0.118. The highest BCUT2D eigenvalue weighted by Crippen LogP contribution is 2.19. The maximum absolute atomic E-state index is 12.1. The van der Waals surface area contributed by atoms with E-state index in [2.05, 4.69) is 37.9 Å². The molecular weight excluding hydrogens is 437 g/mol. The molecule has 5 nitrogen and oxygen atoms in total. The van der Waals surface area contributed by atoms with Crippen molar-refractivity contribution in [1.29, 1.82) is 0 Å². The fourth-order valence-electron chi connectivity index (χ4n) is 2.22. The first-order valence-corrected chi connectivity index (χ1v) is 9.27. The van der Waals surface area contributed by atoms with Crippen LogP contribution in [0.4, 0.5) is 5.69 Å². The van der Waals surface area contributed by atoms with Crippen LogP contribution in [-0.4, -0.2) is 21.6 Å². The lowest BCUT2D eigenvalue weighted by Crippen LogP contribution is -2.16. The lowest BCUT2D eigenvalue weighted by molar-refractivity contribution is -0.113. The van der Waals surface area contributed by atoms with Crippen LogP contribution in [0, 0.1) is 10.5 Å². The van der Waals surface area contributed by atoms with Gasteiger partial charge in [-0.15, -0.1) is 0 Å². The van der Waals surface area contributed by atoms with Crippen LogP contribution in [0.1, 0.15) is 5.56 Å². The second-order valence-corrected chi connectivity index (χ2v) is 7.39. The van der Waals surface area contributed by atoms with Crippen molar-refractivity contribution in [3.05, 3.63) is 62.0 Å². The number of anilines is 1. The van der Waals surface area contributed by atoms with Crippen LogP contribution in [-0.2, 0) is 4.79 Å². The van der Waals surface area contributed by atoms with Gasteiger partial charge in [0.05, 0.1) is 16.7 Å². The first-order chi connectivity index (χ1) is 11.5. The molecule has 2 N–H and O–H groups in total. The second kappa shape index (κ2) is 7.35. The number of fused-ring (bicyclic) bond motifs is 1. The van der Waals surface area contributed by atoms with Crippen LogP contribution in [0.3, 0.4) is 0 Å². The second-order valence-electron chi connectivity index (χ2n) is 5.18. The van der Waals surface area contributed by atoms with Crippen molar-refractivity contribution in [3.8, 4) is 0 Å². The van der Waals surface area contributed by atoms with Gasteiger partial charge in [-0.2, -0.15) is 0 Å². The van der Waals surface area contributed by atoms with Crippen molar-refractivity contribution >= 4 is 56.9 Å². The zero-order valence-corrected chi connectivity index (χ0v) is 15.8. The van der Waals surface area contributed by atoms with E-state index < -0.39 is 0 Å². The number of thioether (sulfide) groups is 1. The zero-order valence-electron chi connectivity index (χ0n) is 12.8. The standard InChI is InChI=1S/C17H14IN3O2S/c1-10-8-11(18)6-7-13(10)19-15(22)9-24-17-20-14-5-3-2-4-12(14)16(23)21-17/h2-8H,9H2,1H3,(H,19,22)(H,20,21,23). The first kappa shape index (κ1) is 17.0. The Kier molecular flexibility index (Phi) is 5.20. The van der Waals surface area contributed by atoms with Crippen molar-refractivity contribution in [2.45, 2.75) is 12.1 Å². The van der Waals surface area contributed by atoms with E-state index in [0.717, 1.165) is 14.8 Å². The molecule has 1 aromatic heterocycles. The summed E-state index contributed by atoms with van der Waals surface area (Å²) in [6, 6.07) is 13.0. The van der Waals surface area contributed by atoms with Crippen molar-refractivity contribution < 1.29 is 4.79 Å². The molecule has 0 radical (unpaired) electrons. The number of nitrogens with one attached hydrogen (secondary N) is 2. The predicted molar refractivity (Wildman–Crippen MR) is 106 cm³/mol. The number of aromatic nitrogens is 2. The van der Waals surface area contributed by atoms with Gasteiger partial charge in [0.25, 0.3) is 5.56 Å². The van der Waals surface area contributed by atoms with Gasteiger partial charge in [0.2, 0.25) is 5.91 Å². The number of para-hydroxylation sites is 1. The Bertz CT molecular complexity index is 971. The van der Waals surface area contributed by atoms with Crippen LogP contribution in [0.2, 0.25) is 0 Å². The number of nitrogens with zero attached hydrogens (tertiary/aromatic N) is 1. The number of carbonyl (C=O) groups is 1. The summed E-state index contributed by atoms with van der Waals surface area (Å²) < 4.78 is 1.12. The summed E-state index contributed by atoms with van der Waals surface area (Å²) in [4.78, 5) is 31.2. The molecule has 3 aromatic rings. The SMILES string of the molecule is Cc1cc(I)ccc1NC(=O)CSc1nc2ccccc2c(=O)[nH]1. The van der Waals surface area contributed by atoms with Crippen LogP contribution in [0.5, 0.6) is 0 Å². The summed E-state index contributed by atoms with van der Waals surface area (Å²) in [7, 11) is 0. The molecule has 0 spiro atoms. The topological polar surface area (TPSA) is 74.8 Å². The van der Waals surface area contributed by atoms with Gasteiger partial charge < -0.3 is 10.3 Å². The van der Waals surface area contributed by atoms with E-state index >= 15 is 0 Å². The Morgan fingerprint density at radius 2 is 2.08 bits per heavy atom. The van der Waals surface area contributed by atoms with Gasteiger partial charge in [0, 0.05) is 9.26 Å². The molecule has 2 aromatic carbocycles. The normalized spacial score (nSPS) is 10.8. The molecule has 0 saturated heterocycles. The number of H-pyrrole nitrogens is 1. The molecule has 1 heterocycles. The molecule has 0 fully saturated rings. The highest BCUT2D eigenvalue weighted by Gasteiger charge is 2.09. The summed E-state index contributed by atoms with van der Waals surface area (Å²) in [6.45, 7) is 1.95. The third kappa shape index (κ3) is 3.96. The summed E-state index contributed by atoms with van der Waals surface area (Å²) >= 11 is 3.44. The number of rotatable bonds is 4. The molecule has 122 valence electrons. The molecule has 0 aliphatic carbocycles. The van der Waals surface area contributed by atoms with E-state index in [1.165, 1.54) is 11.8 Å². The molecule has 0 saturated carbocycles. The number of hydrogen-bond donors (Lipinski definition) is 2. The maximum atomic E-state index is 12.1. The van der Waals surface area contributed by atoms with Crippen LogP contribution in [0.15, 0.2) is 52.4 Å². The van der Waals surface area contributed by atoms with E-state index in [4.69, 9.17) is 0 Å². The van der Waals surface area contributed by atoms with Crippen molar-refractivity contribution in [1.82, 2.24) is 9.97 Å². The van der Waals surface area contributed by atoms with Gasteiger partial charge in [-0.3, -0.25) is 9.59 Å². The Morgan fingerprint density at radius 1 is 1.29 bits per heavy atom. The minimum absolute atomic E-state index is 0.139. The molecule has 0 atom stereocenters. The summed E-state index contributed by atoms with van der Waals surface area (Å²) in [5, 5.41) is 3.86. The third-order valence-electron chi connectivity index (χ3n) is 3.39. The van der Waals surface area contributed by atoms with Crippen molar-refractivity contribution in [3.63, 3.8) is 0 Å². The molecule has 1 amide bonds. The van der Waals surface area contributed by atoms with Gasteiger partial charge >= 0.3 is 0 Å². The average Bonchev–Trinajstić information content (AvgIpc) is 2.56. The highest BCUT2D eigenvalue weighted by molar-refractivity contribution is 14.1. The van der Waals surface area contributed by atoms with Gasteiger partial charge in [0.15, 0.2) is 5.16 Å². The Morgan fingerprint density at radius 3 is 2.88 bits per heavy atom. The first-order valence-electron chi connectivity index (χ1n) is 7.21. The average molecular weight is 451 g/mol. The van der Waals surface area contributed by atoms with Crippen molar-refractivity contribution in [2.24, 2.45) is 0 Å². The Hall–Kier alpha value is -1.87. The summed E-state index contributed by atoms with van der Waals surface area (Å²) in [6.07, 6.45) is 0. The smallest absolute Gasteiger partial charge is 0.259 e. The van der Waals surface area contributed by atoms with E-state index in [-0.39, 0.29) is 17.2 Å². The van der Waals surface area contributed by atoms with Gasteiger partial charge in [-0.1, -0.05) is 23.9 Å². The predicted octanol–water partition coefficient (Wildman–Crippen LogP) is 3.57. The molecule has 24 heavy (non-hydrogen) atoms. The van der Waals surface area contributed by atoms with Crippen molar-refractivity contribution in [2.75, 3.05) is 11.1 Å². The monoisotopic (exact) mass is 451 g/mol. The van der Waals surface area contributed by atoms with Gasteiger partial charge in [-0.05, 0) is 65.4 Å². The van der Waals surface area contributed by atoms with Gasteiger partial charge in [0.1, 0.15) is 0 Å². The number of hydrogen-bond acceptors (Lipinski definition) is 4. The van der Waals surface area contributed by atoms with E-state index in [1.54, 1.807) is 18.2 Å². The number of aromatic amines is 1. The lowest BCUT2D eigenvalue weighted by atomic mass is 10.2. The zero-order chi connectivity index (χ0) is 17.1. The molecule has 0 bridgehead atoms. The molecule has 3 rings (SSSR count). The molecular formula is C17H14IN3O2S. The fourth-order valence-corrected chi connectivity index (χ4v) is 3.54. The van der Waals surface area contributed by atoms with Crippen LogP contribution < -0.4 is 10.9 Å². The summed E-state index contributed by atoms with van der Waals surface area (Å²) in [5.41, 5.74) is 2.23. The van der Waals surface area contributed by atoms with E-state index in [1.807, 2.05) is 31.2 Å². The number of aryl methyl sites for hydroxylation is 1. The molecule has 0 aliphatic heterocycles. The maximum Gasteiger partial charge on any atom is 0.259 e. The third-order valence-corrected chi connectivity index (χ3v) is 4.94. The summed E-state index contributed by atoms with van der Waals surface area (Å²) in [5.74, 6) is 0.0345. The molecule has 0 unspecified atom stereocenters. The highest BCUT2D eigenvalue weighted by atomic mass is 127. The van der Waals surface area contributed by atoms with E-state index in [9.17, 15) is 9.59 Å². The number of amides is 1. The Labute approximate surface area is 156 Å². The lowest BCUT2D eigenvalue weighted by Gasteiger charge is -2.08. The number of carbonyl (C=O) groups excluding carboxylic acids is 1. The minimum Gasteiger partial charge on any atom is -0.325 e. The molecule has 7 heteroatoms. The van der Waals surface area contributed by atoms with Gasteiger partial charge in [-0.25, -0.2) is 4.98 Å². The number of benzene rings is 2. The van der Waals surface area contributed by atoms with E-state index in [0.29, 0.717) is 16.1 Å². The quantitative estimate of drug-likeness (QED) is 0.362. The Balaban J connectivity index is 1.69.